The van der Waals surface area contributed by atoms with E-state index in [1.807, 2.05) is 44.2 Å². The van der Waals surface area contributed by atoms with E-state index in [2.05, 4.69) is 52.6 Å². The Morgan fingerprint density at radius 1 is 1.02 bits per heavy atom. The van der Waals surface area contributed by atoms with Gasteiger partial charge in [0.1, 0.15) is 5.41 Å². The zero-order chi connectivity index (χ0) is 46.4. The van der Waals surface area contributed by atoms with Gasteiger partial charge in [0.15, 0.2) is 6.10 Å². The van der Waals surface area contributed by atoms with E-state index in [9.17, 15) is 24.6 Å². The Morgan fingerprint density at radius 2 is 1.78 bits per heavy atom. The van der Waals surface area contributed by atoms with Gasteiger partial charge in [0, 0.05) is 96.8 Å². The topological polar surface area (TPSA) is 171 Å². The van der Waals surface area contributed by atoms with Crippen molar-refractivity contribution in [3.8, 4) is 11.8 Å². The number of piperidine rings is 1. The van der Waals surface area contributed by atoms with Crippen LogP contribution in [0.25, 0.3) is 10.9 Å². The van der Waals surface area contributed by atoms with Gasteiger partial charge in [-0.15, -0.1) is 0 Å². The largest absolute Gasteiger partial charge is 0.468 e. The number of amides is 1. The molecule has 1 spiro atoms. The molecule has 4 fully saturated rings. The van der Waals surface area contributed by atoms with Crippen LogP contribution < -0.4 is 0 Å². The summed E-state index contributed by atoms with van der Waals surface area (Å²) in [5.74, 6) is 3.72. The summed E-state index contributed by atoms with van der Waals surface area (Å²) < 4.78 is 24.0. The second-order valence-corrected chi connectivity index (χ2v) is 20.1. The molecule has 14 heteroatoms. The first-order valence-electron chi connectivity index (χ1n) is 23.4. The number of aliphatic hydroxyl groups is 2. The van der Waals surface area contributed by atoms with Gasteiger partial charge >= 0.3 is 17.9 Å². The molecule has 7 aliphatic rings. The lowest BCUT2D eigenvalue weighted by molar-refractivity contribution is -0.242. The Bertz CT molecular complexity index is 2460. The fourth-order valence-electron chi connectivity index (χ4n) is 14.2. The van der Waals surface area contributed by atoms with Crippen LogP contribution in [0.5, 0.6) is 0 Å². The third kappa shape index (κ3) is 6.39. The van der Waals surface area contributed by atoms with Crippen LogP contribution in [-0.2, 0) is 50.0 Å². The first-order chi connectivity index (χ1) is 31.0. The van der Waals surface area contributed by atoms with Crippen LogP contribution in [0.4, 0.5) is 0 Å². The van der Waals surface area contributed by atoms with Crippen molar-refractivity contribution in [3.05, 3.63) is 70.6 Å². The van der Waals surface area contributed by atoms with Crippen molar-refractivity contribution in [3.63, 3.8) is 0 Å². The molecular weight excluding hydrogens is 829 g/mol. The quantitative estimate of drug-likeness (QED) is 0.114. The summed E-state index contributed by atoms with van der Waals surface area (Å²) in [6.07, 6.45) is 9.01. The van der Waals surface area contributed by atoms with Crippen LogP contribution in [0.2, 0.25) is 0 Å². The predicted octanol–water partition coefficient (Wildman–Crippen LogP) is 4.17. The molecule has 6 heterocycles. The Morgan fingerprint density at radius 3 is 2.45 bits per heavy atom. The Hall–Kier alpha value is -4.78. The lowest BCUT2D eigenvalue weighted by atomic mass is 9.47. The predicted molar refractivity (Wildman–Crippen MR) is 241 cm³/mol. The van der Waals surface area contributed by atoms with Crippen LogP contribution >= 0.6 is 0 Å². The molecule has 3 N–H and O–H groups in total. The molecule has 3 saturated heterocycles. The molecule has 2 aliphatic carbocycles. The van der Waals surface area contributed by atoms with Crippen LogP contribution in [-0.4, -0.2) is 144 Å². The average Bonchev–Trinajstić information content (AvgIpc) is 3.97. The number of aromatic nitrogens is 1. The standard InChI is InChI=1S/C51H64N4O10/c1-9-47(60)25-33-26-50(45(58)63-7,41-34(16-20-53(27-33)28-47)35-22-32(13-12-30(3)4)14-15-38(35)52-41)37-23-36-39(24-40(37)62-6)55(29-56)43-49(36)18-21-54-19-11-17-48(10-2,42(49)54)44(65-31(5)57)51(43,61)46(59)64-8/h11,14-15,17,22-24,29-30,33,37,40,42-44,52,60-61H,9-10,16,18-21,25-28H2,1-8H3/t33-,37?,40?,42+,43-,44-,47+,48-,49-,50+,51+/m1/s1. The summed E-state index contributed by atoms with van der Waals surface area (Å²) in [4.78, 5) is 66.8. The summed E-state index contributed by atoms with van der Waals surface area (Å²) in [5, 5.41) is 26.5. The van der Waals surface area contributed by atoms with Gasteiger partial charge in [0.2, 0.25) is 12.0 Å². The van der Waals surface area contributed by atoms with E-state index in [-0.39, 0.29) is 11.8 Å². The van der Waals surface area contributed by atoms with E-state index >= 15 is 4.79 Å². The normalized spacial score (nSPS) is 38.1. The van der Waals surface area contributed by atoms with Crippen molar-refractivity contribution in [2.24, 2.45) is 28.6 Å². The van der Waals surface area contributed by atoms with Crippen LogP contribution in [0, 0.1) is 40.4 Å². The summed E-state index contributed by atoms with van der Waals surface area (Å²) in [5.41, 5.74) is -2.64. The molecule has 2 aromatic rings. The number of methoxy groups -OCH3 is 3. The molecule has 5 aliphatic heterocycles. The Kier molecular flexibility index (Phi) is 11.3. The SMILES string of the molecule is CC[C@]1(O)C[C@H]2CN(CCc3c([nH]c4ccc(C#CC(C)C)cc34)[C@@](C(=O)OC)(C3C=C4C(=CC3OC)N(C=O)[C@H]3[C@@](O)(C(=O)OC)[C@H](OC(C)=O)[C@]5(CC)C=CCN6CC[C@]43[C@@H]65)C2)C1. The van der Waals surface area contributed by atoms with Gasteiger partial charge in [0.05, 0.1) is 32.0 Å². The number of likely N-dealkylation sites (tertiary alicyclic amines) is 1. The number of carbonyl (C=O) groups excluding carboxylic acids is 4. The van der Waals surface area contributed by atoms with Gasteiger partial charge in [-0.05, 0) is 86.4 Å². The van der Waals surface area contributed by atoms with Crippen molar-refractivity contribution in [2.75, 3.05) is 54.1 Å². The molecular formula is C51H64N4O10. The number of nitrogens with zero attached hydrogens (tertiary/aromatic N) is 3. The van der Waals surface area contributed by atoms with E-state index in [4.69, 9.17) is 18.9 Å². The number of rotatable bonds is 8. The van der Waals surface area contributed by atoms with Crippen LogP contribution in [0.1, 0.15) is 83.5 Å². The molecule has 1 saturated carbocycles. The fraction of sp³-hybridized carbons (Fsp3) is 0.608. The number of carbonyl (C=O) groups is 4. The maximum absolute atomic E-state index is 15.6. The summed E-state index contributed by atoms with van der Waals surface area (Å²) >= 11 is 0. The minimum Gasteiger partial charge on any atom is -0.468 e. The van der Waals surface area contributed by atoms with Gasteiger partial charge in [-0.2, -0.15) is 0 Å². The van der Waals surface area contributed by atoms with E-state index in [1.165, 1.54) is 26.0 Å². The van der Waals surface area contributed by atoms with Crippen molar-refractivity contribution in [2.45, 2.75) is 114 Å². The van der Waals surface area contributed by atoms with E-state index in [0.717, 1.165) is 22.0 Å². The third-order valence-electron chi connectivity index (χ3n) is 16.5. The molecule has 14 nitrogen and oxygen atoms in total. The first kappa shape index (κ1) is 45.4. The molecule has 1 amide bonds. The monoisotopic (exact) mass is 892 g/mol. The maximum Gasteiger partial charge on any atom is 0.344 e. The number of benzene rings is 1. The Balaban J connectivity index is 1.35. The smallest absolute Gasteiger partial charge is 0.344 e. The van der Waals surface area contributed by atoms with Crippen molar-refractivity contribution < 1.29 is 48.3 Å². The molecule has 2 bridgehead atoms. The number of nitrogens with one attached hydrogen (secondary N) is 1. The van der Waals surface area contributed by atoms with Crippen molar-refractivity contribution in [1.29, 1.82) is 0 Å². The van der Waals surface area contributed by atoms with Crippen LogP contribution in [0.3, 0.4) is 0 Å². The third-order valence-corrected chi connectivity index (χ3v) is 16.5. The average molecular weight is 893 g/mol. The molecule has 1 aromatic carbocycles. The van der Waals surface area contributed by atoms with E-state index in [1.54, 1.807) is 7.11 Å². The number of H-pyrrole nitrogens is 1. The van der Waals surface area contributed by atoms with Gasteiger partial charge in [-0.1, -0.05) is 57.8 Å². The molecule has 0 radical (unpaired) electrons. The molecule has 1 aromatic heterocycles. The highest BCUT2D eigenvalue weighted by Gasteiger charge is 2.82. The minimum absolute atomic E-state index is 0.151. The van der Waals surface area contributed by atoms with E-state index in [0.29, 0.717) is 94.6 Å². The number of hydrogen-bond donors (Lipinski definition) is 3. The second-order valence-electron chi connectivity index (χ2n) is 20.1. The zero-order valence-electron chi connectivity index (χ0n) is 38.9. The molecule has 12 atom stereocenters. The first-order valence-corrected chi connectivity index (χ1v) is 23.4. The van der Waals surface area contributed by atoms with Gasteiger partial charge in [-0.25, -0.2) is 4.79 Å². The number of aromatic amines is 1. The second kappa shape index (κ2) is 16.2. The summed E-state index contributed by atoms with van der Waals surface area (Å²) in [6, 6.07) is 4.38. The highest BCUT2D eigenvalue weighted by molar-refractivity contribution is 5.92. The van der Waals surface area contributed by atoms with Crippen molar-refractivity contribution in [1.82, 2.24) is 19.7 Å². The lowest BCUT2D eigenvalue weighted by Gasteiger charge is -2.63. The van der Waals surface area contributed by atoms with Gasteiger partial charge in [-0.3, -0.25) is 24.2 Å². The molecule has 9 rings (SSSR count). The number of fused-ring (bicyclic) bond motifs is 6. The minimum atomic E-state index is -2.53. The Labute approximate surface area is 381 Å². The molecule has 348 valence electrons. The summed E-state index contributed by atoms with van der Waals surface area (Å²) in [7, 11) is 4.18. The highest BCUT2D eigenvalue weighted by atomic mass is 16.6. The fourth-order valence-corrected chi connectivity index (χ4v) is 14.2. The highest BCUT2D eigenvalue weighted by Crippen LogP contribution is 2.70. The summed E-state index contributed by atoms with van der Waals surface area (Å²) in [6.45, 7) is 12.3. The molecule has 3 unspecified atom stereocenters. The maximum atomic E-state index is 15.6. The van der Waals surface area contributed by atoms with E-state index < -0.39 is 75.6 Å². The number of allylic oxidation sites excluding steroid dienone is 1. The number of esters is 3. The number of hydrogen-bond acceptors (Lipinski definition) is 12. The van der Waals surface area contributed by atoms with Crippen molar-refractivity contribution >= 4 is 35.2 Å². The van der Waals surface area contributed by atoms with Gasteiger partial charge < -0.3 is 39.0 Å². The molecule has 65 heavy (non-hydrogen) atoms. The lowest BCUT2D eigenvalue weighted by Crippen LogP contribution is -2.80. The number of ether oxygens (including phenoxy) is 4. The van der Waals surface area contributed by atoms with Gasteiger partial charge in [0.25, 0.3) is 0 Å². The zero-order valence-corrected chi connectivity index (χ0v) is 38.9. The van der Waals surface area contributed by atoms with Crippen LogP contribution in [0.15, 0.2) is 53.8 Å².